The summed E-state index contributed by atoms with van der Waals surface area (Å²) < 4.78 is 20.3. The zero-order chi connectivity index (χ0) is 12.3. The van der Waals surface area contributed by atoms with Gasteiger partial charge in [0.25, 0.3) is 0 Å². The van der Waals surface area contributed by atoms with Crippen LogP contribution in [0, 0.1) is 5.82 Å². The molecule has 0 saturated heterocycles. The molecular formula is C11H11BrFN3O. The fourth-order valence-electron chi connectivity index (χ4n) is 1.40. The van der Waals surface area contributed by atoms with E-state index in [4.69, 9.17) is 4.74 Å². The molecule has 0 bridgehead atoms. The Morgan fingerprint density at radius 1 is 1.41 bits per heavy atom. The largest absolute Gasteiger partial charge is 0.487 e. The van der Waals surface area contributed by atoms with Gasteiger partial charge in [0, 0.05) is 18.4 Å². The van der Waals surface area contributed by atoms with Crippen molar-refractivity contribution in [3.8, 4) is 5.75 Å². The first kappa shape index (κ1) is 12.0. The van der Waals surface area contributed by atoms with Crippen molar-refractivity contribution in [1.29, 1.82) is 0 Å². The van der Waals surface area contributed by atoms with Gasteiger partial charge in [-0.2, -0.15) is 0 Å². The number of halogens is 2. The van der Waals surface area contributed by atoms with Crippen LogP contribution >= 0.6 is 15.9 Å². The minimum Gasteiger partial charge on any atom is -0.487 e. The lowest BCUT2D eigenvalue weighted by Crippen LogP contribution is -1.97. The number of benzene rings is 1. The van der Waals surface area contributed by atoms with Crippen molar-refractivity contribution in [3.05, 3.63) is 41.5 Å². The van der Waals surface area contributed by atoms with E-state index in [1.807, 2.05) is 0 Å². The summed E-state index contributed by atoms with van der Waals surface area (Å²) in [5.74, 6) is 0.182. The zero-order valence-electron chi connectivity index (χ0n) is 9.23. The highest BCUT2D eigenvalue weighted by atomic mass is 79.9. The van der Waals surface area contributed by atoms with E-state index in [0.717, 1.165) is 5.56 Å². The van der Waals surface area contributed by atoms with Crippen LogP contribution in [-0.2, 0) is 19.0 Å². The highest BCUT2D eigenvalue weighted by Crippen LogP contribution is 2.19. The minimum atomic E-state index is -0.309. The SMILES string of the molecule is Cn1cc(COc2cc(F)cc(CBr)c2)nn1. The van der Waals surface area contributed by atoms with Crippen LogP contribution < -0.4 is 4.74 Å². The monoisotopic (exact) mass is 299 g/mol. The third-order valence-electron chi connectivity index (χ3n) is 2.12. The lowest BCUT2D eigenvalue weighted by atomic mass is 10.2. The van der Waals surface area contributed by atoms with Crippen LogP contribution in [0.4, 0.5) is 4.39 Å². The van der Waals surface area contributed by atoms with Gasteiger partial charge < -0.3 is 4.74 Å². The maximum Gasteiger partial charge on any atom is 0.134 e. The first-order valence-corrected chi connectivity index (χ1v) is 6.13. The van der Waals surface area contributed by atoms with E-state index in [0.29, 0.717) is 16.8 Å². The molecule has 0 fully saturated rings. The summed E-state index contributed by atoms with van der Waals surface area (Å²) in [6, 6.07) is 4.60. The Morgan fingerprint density at radius 2 is 2.24 bits per heavy atom. The molecule has 0 saturated carbocycles. The van der Waals surface area contributed by atoms with Crippen LogP contribution in [0.1, 0.15) is 11.3 Å². The number of alkyl halides is 1. The van der Waals surface area contributed by atoms with E-state index in [1.54, 1.807) is 24.0 Å². The molecule has 17 heavy (non-hydrogen) atoms. The topological polar surface area (TPSA) is 39.9 Å². The Morgan fingerprint density at radius 3 is 2.88 bits per heavy atom. The first-order chi connectivity index (χ1) is 8.17. The summed E-state index contributed by atoms with van der Waals surface area (Å²) in [6.45, 7) is 0.277. The van der Waals surface area contributed by atoms with Gasteiger partial charge in [-0.1, -0.05) is 21.1 Å². The van der Waals surface area contributed by atoms with E-state index in [1.165, 1.54) is 12.1 Å². The van der Waals surface area contributed by atoms with Gasteiger partial charge in [0.1, 0.15) is 23.9 Å². The minimum absolute atomic E-state index is 0.277. The second-order valence-corrected chi connectivity index (χ2v) is 4.16. The van der Waals surface area contributed by atoms with Gasteiger partial charge in [-0.25, -0.2) is 4.39 Å². The average Bonchev–Trinajstić information content (AvgIpc) is 2.72. The molecule has 1 heterocycles. The van der Waals surface area contributed by atoms with Crippen molar-refractivity contribution in [2.24, 2.45) is 7.05 Å². The highest BCUT2D eigenvalue weighted by molar-refractivity contribution is 9.08. The molecule has 0 unspecified atom stereocenters. The van der Waals surface area contributed by atoms with Crippen molar-refractivity contribution in [3.63, 3.8) is 0 Å². The van der Waals surface area contributed by atoms with Crippen molar-refractivity contribution >= 4 is 15.9 Å². The molecule has 0 amide bonds. The third-order valence-corrected chi connectivity index (χ3v) is 2.77. The Labute approximate surface area is 107 Å². The molecule has 0 atom stereocenters. The second kappa shape index (κ2) is 5.27. The van der Waals surface area contributed by atoms with Crippen molar-refractivity contribution in [2.45, 2.75) is 11.9 Å². The number of aryl methyl sites for hydroxylation is 1. The van der Waals surface area contributed by atoms with Crippen LogP contribution in [0.15, 0.2) is 24.4 Å². The number of ether oxygens (including phenoxy) is 1. The normalized spacial score (nSPS) is 10.5. The maximum absolute atomic E-state index is 13.2. The molecule has 4 nitrogen and oxygen atoms in total. The fourth-order valence-corrected chi connectivity index (χ4v) is 1.72. The molecule has 0 aliphatic heterocycles. The summed E-state index contributed by atoms with van der Waals surface area (Å²) in [6.07, 6.45) is 1.75. The third kappa shape index (κ3) is 3.26. The van der Waals surface area contributed by atoms with Crippen molar-refractivity contribution in [2.75, 3.05) is 0 Å². The molecule has 0 N–H and O–H groups in total. The van der Waals surface area contributed by atoms with Gasteiger partial charge in [0.05, 0.1) is 6.20 Å². The standard InChI is InChI=1S/C11H11BrFN3O/c1-16-6-10(14-15-16)7-17-11-3-8(5-12)2-9(13)4-11/h2-4,6H,5,7H2,1H3. The van der Waals surface area contributed by atoms with Crippen LogP contribution in [0.2, 0.25) is 0 Å². The smallest absolute Gasteiger partial charge is 0.134 e. The lowest BCUT2D eigenvalue weighted by Gasteiger charge is -2.05. The number of aromatic nitrogens is 3. The summed E-state index contributed by atoms with van der Waals surface area (Å²) in [5.41, 5.74) is 1.54. The number of rotatable bonds is 4. The molecule has 6 heteroatoms. The molecular weight excluding hydrogens is 289 g/mol. The molecule has 0 spiro atoms. The number of nitrogens with zero attached hydrogens (tertiary/aromatic N) is 3. The molecule has 90 valence electrons. The van der Waals surface area contributed by atoms with Crippen LogP contribution in [0.3, 0.4) is 0 Å². The van der Waals surface area contributed by atoms with E-state index in [2.05, 4.69) is 26.2 Å². The Balaban J connectivity index is 2.05. The summed E-state index contributed by atoms with van der Waals surface area (Å²) in [4.78, 5) is 0. The Bertz CT molecular complexity index is 515. The zero-order valence-corrected chi connectivity index (χ0v) is 10.8. The van der Waals surface area contributed by atoms with Gasteiger partial charge in [-0.05, 0) is 17.7 Å². The lowest BCUT2D eigenvalue weighted by molar-refractivity contribution is 0.299. The predicted octanol–water partition coefficient (Wildman–Crippen LogP) is 2.43. The van der Waals surface area contributed by atoms with E-state index in [-0.39, 0.29) is 12.4 Å². The van der Waals surface area contributed by atoms with Gasteiger partial charge in [-0.3, -0.25) is 4.68 Å². The molecule has 0 aliphatic carbocycles. The van der Waals surface area contributed by atoms with Crippen molar-refractivity contribution in [1.82, 2.24) is 15.0 Å². The van der Waals surface area contributed by atoms with Crippen molar-refractivity contribution < 1.29 is 9.13 Å². The molecule has 1 aromatic heterocycles. The summed E-state index contributed by atoms with van der Waals surface area (Å²) >= 11 is 3.28. The molecule has 1 aromatic carbocycles. The van der Waals surface area contributed by atoms with Crippen LogP contribution in [0.25, 0.3) is 0 Å². The Hall–Kier alpha value is -1.43. The summed E-state index contributed by atoms with van der Waals surface area (Å²) in [7, 11) is 1.78. The van der Waals surface area contributed by atoms with Gasteiger partial charge in [-0.15, -0.1) is 5.10 Å². The number of hydrogen-bond acceptors (Lipinski definition) is 3. The van der Waals surface area contributed by atoms with E-state index in [9.17, 15) is 4.39 Å². The van der Waals surface area contributed by atoms with E-state index < -0.39 is 0 Å². The maximum atomic E-state index is 13.2. The number of hydrogen-bond donors (Lipinski definition) is 0. The molecule has 2 rings (SSSR count). The highest BCUT2D eigenvalue weighted by Gasteiger charge is 2.03. The second-order valence-electron chi connectivity index (χ2n) is 3.60. The predicted molar refractivity (Wildman–Crippen MR) is 64.4 cm³/mol. The summed E-state index contributed by atoms with van der Waals surface area (Å²) in [5, 5.41) is 8.26. The average molecular weight is 300 g/mol. The Kier molecular flexibility index (Phi) is 3.73. The molecule has 2 aromatic rings. The molecule has 0 aliphatic rings. The first-order valence-electron chi connectivity index (χ1n) is 5.01. The van der Waals surface area contributed by atoms with Crippen LogP contribution in [-0.4, -0.2) is 15.0 Å². The van der Waals surface area contributed by atoms with Gasteiger partial charge >= 0.3 is 0 Å². The fraction of sp³-hybridized carbons (Fsp3) is 0.273. The van der Waals surface area contributed by atoms with Gasteiger partial charge in [0.15, 0.2) is 0 Å². The van der Waals surface area contributed by atoms with E-state index >= 15 is 0 Å². The molecule has 0 radical (unpaired) electrons. The quantitative estimate of drug-likeness (QED) is 0.814. The van der Waals surface area contributed by atoms with Crippen LogP contribution in [0.5, 0.6) is 5.75 Å². The van der Waals surface area contributed by atoms with Gasteiger partial charge in [0.2, 0.25) is 0 Å².